The standard InChI is InChI=1S/C16H27N5O3/c1-12(22)17-6-5-15(23)21-7-8-24-14(11-19(2)3)16(21)13-9-18-20(4)10-13/h9-10,14,16H,5-8,11H2,1-4H3,(H,17,22)/t14-,16-/m0/s1. The summed E-state index contributed by atoms with van der Waals surface area (Å²) >= 11 is 0. The summed E-state index contributed by atoms with van der Waals surface area (Å²) in [5, 5.41) is 6.91. The predicted molar refractivity (Wildman–Crippen MR) is 89.3 cm³/mol. The van der Waals surface area contributed by atoms with Crippen LogP contribution in [0.25, 0.3) is 0 Å². The number of hydrogen-bond acceptors (Lipinski definition) is 5. The van der Waals surface area contributed by atoms with Gasteiger partial charge in [0.15, 0.2) is 0 Å². The maximum atomic E-state index is 12.7. The highest BCUT2D eigenvalue weighted by Crippen LogP contribution is 2.30. The van der Waals surface area contributed by atoms with Gasteiger partial charge in [0.2, 0.25) is 11.8 Å². The topological polar surface area (TPSA) is 79.7 Å². The summed E-state index contributed by atoms with van der Waals surface area (Å²) in [7, 11) is 5.83. The molecule has 24 heavy (non-hydrogen) atoms. The van der Waals surface area contributed by atoms with Crippen molar-refractivity contribution in [1.29, 1.82) is 0 Å². The van der Waals surface area contributed by atoms with E-state index in [4.69, 9.17) is 4.74 Å². The van der Waals surface area contributed by atoms with E-state index in [0.717, 1.165) is 12.1 Å². The number of nitrogens with one attached hydrogen (secondary N) is 1. The highest BCUT2D eigenvalue weighted by molar-refractivity contribution is 5.78. The van der Waals surface area contributed by atoms with Gasteiger partial charge in [0.05, 0.1) is 24.9 Å². The molecule has 8 nitrogen and oxygen atoms in total. The fourth-order valence-corrected chi connectivity index (χ4v) is 3.00. The molecule has 1 aliphatic rings. The van der Waals surface area contributed by atoms with Gasteiger partial charge in [-0.05, 0) is 14.1 Å². The maximum Gasteiger partial charge on any atom is 0.225 e. The molecule has 0 saturated carbocycles. The summed E-state index contributed by atoms with van der Waals surface area (Å²) in [6, 6.07) is -0.167. The molecule has 0 radical (unpaired) electrons. The summed E-state index contributed by atoms with van der Waals surface area (Å²) in [5.41, 5.74) is 0.969. The van der Waals surface area contributed by atoms with Gasteiger partial charge in [-0.25, -0.2) is 0 Å². The van der Waals surface area contributed by atoms with Crippen LogP contribution in [0, 0.1) is 0 Å². The summed E-state index contributed by atoms with van der Waals surface area (Å²) in [6.45, 7) is 3.58. The Morgan fingerprint density at radius 1 is 1.46 bits per heavy atom. The van der Waals surface area contributed by atoms with E-state index in [1.807, 2.05) is 32.2 Å². The molecule has 0 aliphatic carbocycles. The molecule has 1 aromatic heterocycles. The second-order valence-corrected chi connectivity index (χ2v) is 6.38. The van der Waals surface area contributed by atoms with Crippen molar-refractivity contribution in [2.24, 2.45) is 7.05 Å². The highest BCUT2D eigenvalue weighted by atomic mass is 16.5. The van der Waals surface area contributed by atoms with Crippen molar-refractivity contribution in [2.45, 2.75) is 25.5 Å². The Hall–Kier alpha value is -1.93. The largest absolute Gasteiger partial charge is 0.373 e. The molecular formula is C16H27N5O3. The zero-order chi connectivity index (χ0) is 17.7. The van der Waals surface area contributed by atoms with Crippen LogP contribution in [-0.2, 0) is 21.4 Å². The molecule has 1 aromatic rings. The molecule has 0 spiro atoms. The van der Waals surface area contributed by atoms with Gasteiger partial charge in [-0.15, -0.1) is 0 Å². The van der Waals surface area contributed by atoms with Crippen LogP contribution in [0.2, 0.25) is 0 Å². The van der Waals surface area contributed by atoms with Gasteiger partial charge in [0.25, 0.3) is 0 Å². The molecular weight excluding hydrogens is 310 g/mol. The maximum absolute atomic E-state index is 12.7. The molecule has 2 amide bonds. The van der Waals surface area contributed by atoms with Crippen LogP contribution in [0.4, 0.5) is 0 Å². The smallest absolute Gasteiger partial charge is 0.225 e. The minimum absolute atomic E-state index is 0.0182. The minimum Gasteiger partial charge on any atom is -0.373 e. The molecule has 0 bridgehead atoms. The van der Waals surface area contributed by atoms with E-state index in [-0.39, 0.29) is 30.4 Å². The van der Waals surface area contributed by atoms with Crippen LogP contribution in [0.5, 0.6) is 0 Å². The number of aryl methyl sites for hydroxylation is 1. The van der Waals surface area contributed by atoms with Crippen molar-refractivity contribution in [3.8, 4) is 0 Å². The van der Waals surface area contributed by atoms with Crippen molar-refractivity contribution in [3.63, 3.8) is 0 Å². The first-order chi connectivity index (χ1) is 11.4. The Morgan fingerprint density at radius 2 is 2.21 bits per heavy atom. The average molecular weight is 337 g/mol. The lowest BCUT2D eigenvalue weighted by molar-refractivity contribution is -0.148. The van der Waals surface area contributed by atoms with E-state index in [1.54, 1.807) is 10.9 Å². The van der Waals surface area contributed by atoms with Crippen LogP contribution < -0.4 is 5.32 Å². The summed E-state index contributed by atoms with van der Waals surface area (Å²) in [6.07, 6.45) is 3.89. The first kappa shape index (κ1) is 18.4. The molecule has 8 heteroatoms. The Balaban J connectivity index is 2.16. The van der Waals surface area contributed by atoms with Crippen LogP contribution in [0.1, 0.15) is 24.9 Å². The van der Waals surface area contributed by atoms with Gasteiger partial charge in [-0.1, -0.05) is 0 Å². The molecule has 1 aliphatic heterocycles. The lowest BCUT2D eigenvalue weighted by Crippen LogP contribution is -2.51. The van der Waals surface area contributed by atoms with Crippen molar-refractivity contribution < 1.29 is 14.3 Å². The van der Waals surface area contributed by atoms with E-state index in [9.17, 15) is 9.59 Å². The zero-order valence-corrected chi connectivity index (χ0v) is 14.9. The van der Waals surface area contributed by atoms with Crippen molar-refractivity contribution in [1.82, 2.24) is 24.9 Å². The third kappa shape index (κ3) is 4.78. The molecule has 2 rings (SSSR count). The molecule has 2 atom stereocenters. The Morgan fingerprint density at radius 3 is 2.79 bits per heavy atom. The Kier molecular flexibility index (Phi) is 6.33. The Bertz CT molecular complexity index is 572. The van der Waals surface area contributed by atoms with Crippen LogP contribution >= 0.6 is 0 Å². The monoisotopic (exact) mass is 337 g/mol. The highest BCUT2D eigenvalue weighted by Gasteiger charge is 2.37. The number of amides is 2. The summed E-state index contributed by atoms with van der Waals surface area (Å²) in [5.74, 6) is -0.108. The third-order valence-corrected chi connectivity index (χ3v) is 4.00. The normalized spacial score (nSPS) is 21.1. The van der Waals surface area contributed by atoms with E-state index in [1.165, 1.54) is 6.92 Å². The number of nitrogens with zero attached hydrogens (tertiary/aromatic N) is 4. The fraction of sp³-hybridized carbons (Fsp3) is 0.688. The number of likely N-dealkylation sites (N-methyl/N-ethyl adjacent to an activating group) is 1. The van der Waals surface area contributed by atoms with Gasteiger partial charge >= 0.3 is 0 Å². The van der Waals surface area contributed by atoms with Gasteiger partial charge in [0.1, 0.15) is 0 Å². The number of hydrogen-bond donors (Lipinski definition) is 1. The van der Waals surface area contributed by atoms with Crippen molar-refractivity contribution >= 4 is 11.8 Å². The number of morpholine rings is 1. The fourth-order valence-electron chi connectivity index (χ4n) is 3.00. The van der Waals surface area contributed by atoms with Gasteiger partial charge in [0, 0.05) is 51.8 Å². The number of ether oxygens (including phenoxy) is 1. The minimum atomic E-state index is -0.167. The van der Waals surface area contributed by atoms with Crippen LogP contribution in [0.15, 0.2) is 12.4 Å². The molecule has 134 valence electrons. The van der Waals surface area contributed by atoms with Crippen LogP contribution in [0.3, 0.4) is 0 Å². The average Bonchev–Trinajstić information content (AvgIpc) is 2.92. The number of rotatable bonds is 6. The predicted octanol–water partition coefficient (Wildman–Crippen LogP) is -0.224. The van der Waals surface area contributed by atoms with Gasteiger partial charge < -0.3 is 19.9 Å². The Labute approximate surface area is 142 Å². The van der Waals surface area contributed by atoms with E-state index < -0.39 is 0 Å². The second-order valence-electron chi connectivity index (χ2n) is 6.38. The van der Waals surface area contributed by atoms with E-state index >= 15 is 0 Å². The summed E-state index contributed by atoms with van der Waals surface area (Å²) < 4.78 is 7.68. The molecule has 0 unspecified atom stereocenters. The van der Waals surface area contributed by atoms with Gasteiger partial charge in [-0.2, -0.15) is 5.10 Å². The first-order valence-corrected chi connectivity index (χ1v) is 8.17. The quantitative estimate of drug-likeness (QED) is 0.776. The SMILES string of the molecule is CC(=O)NCCC(=O)N1CCO[C@@H](CN(C)C)[C@@H]1c1cnn(C)c1. The number of carbonyl (C=O) groups is 2. The molecule has 0 aromatic carbocycles. The number of carbonyl (C=O) groups excluding carboxylic acids is 2. The van der Waals surface area contributed by atoms with Crippen molar-refractivity contribution in [3.05, 3.63) is 18.0 Å². The molecule has 1 fully saturated rings. The third-order valence-electron chi connectivity index (χ3n) is 4.00. The van der Waals surface area contributed by atoms with Gasteiger partial charge in [-0.3, -0.25) is 14.3 Å². The molecule has 2 heterocycles. The number of aromatic nitrogens is 2. The van der Waals surface area contributed by atoms with E-state index in [2.05, 4.69) is 15.3 Å². The summed E-state index contributed by atoms with van der Waals surface area (Å²) in [4.78, 5) is 27.6. The van der Waals surface area contributed by atoms with E-state index in [0.29, 0.717) is 19.7 Å². The second kappa shape index (κ2) is 8.25. The van der Waals surface area contributed by atoms with Crippen LogP contribution in [-0.4, -0.2) is 77.8 Å². The molecule has 1 saturated heterocycles. The first-order valence-electron chi connectivity index (χ1n) is 8.17. The lowest BCUT2D eigenvalue weighted by Gasteiger charge is -2.42. The zero-order valence-electron chi connectivity index (χ0n) is 14.9. The van der Waals surface area contributed by atoms with Crippen molar-refractivity contribution in [2.75, 3.05) is 40.3 Å². The lowest BCUT2D eigenvalue weighted by atomic mass is 10.00. The molecule has 1 N–H and O–H groups in total.